The van der Waals surface area contributed by atoms with Gasteiger partial charge in [-0.2, -0.15) is 0 Å². The normalized spacial score (nSPS) is 11.2. The van der Waals surface area contributed by atoms with Crippen molar-refractivity contribution >= 4 is 11.6 Å². The van der Waals surface area contributed by atoms with E-state index in [9.17, 15) is 14.5 Å². The number of nitrogens with one attached hydrogen (secondary N) is 2. The number of nitro groups is 1. The summed E-state index contributed by atoms with van der Waals surface area (Å²) in [5.41, 5.74) is 1.58. The van der Waals surface area contributed by atoms with Crippen LogP contribution < -0.4 is 10.6 Å². The topological polar surface area (TPSA) is 79.6 Å². The van der Waals surface area contributed by atoms with Gasteiger partial charge in [0.1, 0.15) is 5.82 Å². The smallest absolute Gasteiger partial charge is 0.269 e. The molecule has 2 aromatic carbocycles. The number of non-ortho nitro benzene ring substituents is 1. The molecule has 0 saturated carbocycles. The molecule has 0 fully saturated rings. The summed E-state index contributed by atoms with van der Waals surface area (Å²) in [7, 11) is 0. The van der Waals surface area contributed by atoms with Crippen molar-refractivity contribution in [3.63, 3.8) is 0 Å². The molecular formula is C18H21FN4O2. The summed E-state index contributed by atoms with van der Waals surface area (Å²) in [6, 6.07) is 13.0. The number of guanidine groups is 1. The molecule has 6 nitrogen and oxygen atoms in total. The van der Waals surface area contributed by atoms with E-state index in [4.69, 9.17) is 0 Å². The Morgan fingerprint density at radius 3 is 2.52 bits per heavy atom. The van der Waals surface area contributed by atoms with Crippen molar-refractivity contribution < 1.29 is 9.31 Å². The van der Waals surface area contributed by atoms with Crippen molar-refractivity contribution in [3.8, 4) is 0 Å². The predicted molar refractivity (Wildman–Crippen MR) is 96.0 cm³/mol. The van der Waals surface area contributed by atoms with E-state index in [0.717, 1.165) is 5.56 Å². The van der Waals surface area contributed by atoms with Gasteiger partial charge in [-0.05, 0) is 30.5 Å². The molecule has 25 heavy (non-hydrogen) atoms. The van der Waals surface area contributed by atoms with Crippen LogP contribution >= 0.6 is 0 Å². The number of hydrogen-bond acceptors (Lipinski definition) is 3. The first-order valence-electron chi connectivity index (χ1n) is 8.09. The first-order chi connectivity index (χ1) is 12.1. The second-order valence-corrected chi connectivity index (χ2v) is 5.39. The molecule has 2 rings (SSSR count). The van der Waals surface area contributed by atoms with Crippen molar-refractivity contribution in [2.24, 2.45) is 4.99 Å². The first kappa shape index (κ1) is 18.4. The van der Waals surface area contributed by atoms with Crippen molar-refractivity contribution in [1.82, 2.24) is 10.6 Å². The molecule has 2 aromatic rings. The number of halogens is 1. The highest BCUT2D eigenvalue weighted by atomic mass is 19.1. The number of benzene rings is 2. The van der Waals surface area contributed by atoms with Crippen LogP contribution in [0.25, 0.3) is 0 Å². The lowest BCUT2D eigenvalue weighted by atomic mass is 10.1. The molecule has 0 spiro atoms. The van der Waals surface area contributed by atoms with E-state index >= 15 is 0 Å². The Balaban J connectivity index is 1.91. The summed E-state index contributed by atoms with van der Waals surface area (Å²) >= 11 is 0. The molecule has 2 N–H and O–H groups in total. The fraction of sp³-hybridized carbons (Fsp3) is 0.278. The highest BCUT2D eigenvalue weighted by Gasteiger charge is 2.04. The lowest BCUT2D eigenvalue weighted by Gasteiger charge is -2.11. The van der Waals surface area contributed by atoms with Crippen LogP contribution in [0.1, 0.15) is 18.1 Å². The average Bonchev–Trinajstić information content (AvgIpc) is 2.61. The summed E-state index contributed by atoms with van der Waals surface area (Å²) in [5, 5.41) is 16.9. The third kappa shape index (κ3) is 5.87. The Bertz CT molecular complexity index is 732. The maximum Gasteiger partial charge on any atom is 0.269 e. The molecule has 0 aliphatic carbocycles. The van der Waals surface area contributed by atoms with Gasteiger partial charge in [0.2, 0.25) is 0 Å². The van der Waals surface area contributed by atoms with Gasteiger partial charge in [0.25, 0.3) is 5.69 Å². The van der Waals surface area contributed by atoms with Gasteiger partial charge in [-0.25, -0.2) is 9.38 Å². The third-order valence-corrected chi connectivity index (χ3v) is 3.56. The predicted octanol–water partition coefficient (Wildman–Crippen LogP) is 3.03. The van der Waals surface area contributed by atoms with Gasteiger partial charge in [-0.1, -0.05) is 30.3 Å². The van der Waals surface area contributed by atoms with E-state index in [1.165, 1.54) is 18.2 Å². The highest BCUT2D eigenvalue weighted by Crippen LogP contribution is 2.12. The van der Waals surface area contributed by atoms with Gasteiger partial charge >= 0.3 is 0 Å². The lowest BCUT2D eigenvalue weighted by Crippen LogP contribution is -2.38. The maximum atomic E-state index is 13.6. The molecular weight excluding hydrogens is 323 g/mol. The van der Waals surface area contributed by atoms with Crippen LogP contribution in [-0.4, -0.2) is 24.0 Å². The number of rotatable bonds is 7. The Labute approximate surface area is 145 Å². The van der Waals surface area contributed by atoms with Gasteiger partial charge in [-0.15, -0.1) is 0 Å². The van der Waals surface area contributed by atoms with Crippen LogP contribution in [0.3, 0.4) is 0 Å². The number of nitro benzene ring substituents is 1. The maximum absolute atomic E-state index is 13.6. The molecule has 132 valence electrons. The molecule has 7 heteroatoms. The van der Waals surface area contributed by atoms with Crippen LogP contribution in [0.15, 0.2) is 53.5 Å². The van der Waals surface area contributed by atoms with Gasteiger partial charge < -0.3 is 10.6 Å². The monoisotopic (exact) mass is 344 g/mol. The van der Waals surface area contributed by atoms with Gasteiger partial charge in [0, 0.05) is 25.2 Å². The van der Waals surface area contributed by atoms with E-state index in [1.54, 1.807) is 24.3 Å². The highest BCUT2D eigenvalue weighted by molar-refractivity contribution is 5.79. The zero-order chi connectivity index (χ0) is 18.1. The third-order valence-electron chi connectivity index (χ3n) is 3.56. The van der Waals surface area contributed by atoms with Gasteiger partial charge in [0.05, 0.1) is 11.5 Å². The molecule has 0 aliphatic rings. The van der Waals surface area contributed by atoms with Gasteiger partial charge in [-0.3, -0.25) is 10.1 Å². The molecule has 0 bridgehead atoms. The Hall–Kier alpha value is -2.96. The zero-order valence-electron chi connectivity index (χ0n) is 14.0. The van der Waals surface area contributed by atoms with E-state index in [-0.39, 0.29) is 11.5 Å². The van der Waals surface area contributed by atoms with E-state index in [2.05, 4.69) is 15.6 Å². The van der Waals surface area contributed by atoms with Crippen LogP contribution in [-0.2, 0) is 13.0 Å². The SMILES string of the molecule is CCNC(=NCc1ccc([N+](=O)[O-])cc1)NCCc1ccccc1F. The van der Waals surface area contributed by atoms with E-state index in [1.807, 2.05) is 13.0 Å². The van der Waals surface area contributed by atoms with E-state index in [0.29, 0.717) is 37.6 Å². The summed E-state index contributed by atoms with van der Waals surface area (Å²) < 4.78 is 13.6. The second kappa shape index (κ2) is 9.36. The van der Waals surface area contributed by atoms with Crippen molar-refractivity contribution in [2.75, 3.05) is 13.1 Å². The Kier molecular flexibility index (Phi) is 6.88. The summed E-state index contributed by atoms with van der Waals surface area (Å²) in [5.74, 6) is 0.411. The van der Waals surface area contributed by atoms with Crippen molar-refractivity contribution in [3.05, 3.63) is 75.6 Å². The van der Waals surface area contributed by atoms with Crippen molar-refractivity contribution in [1.29, 1.82) is 0 Å². The van der Waals surface area contributed by atoms with Crippen LogP contribution in [0.2, 0.25) is 0 Å². The average molecular weight is 344 g/mol. The standard InChI is InChI=1S/C18H21FN4O2/c1-2-20-18(21-12-11-15-5-3-4-6-17(15)19)22-13-14-7-9-16(10-8-14)23(24)25/h3-10H,2,11-13H2,1H3,(H2,20,21,22). The summed E-state index contributed by atoms with van der Waals surface area (Å²) in [6.45, 7) is 3.60. The first-order valence-corrected chi connectivity index (χ1v) is 8.09. The van der Waals surface area contributed by atoms with Crippen LogP contribution in [0, 0.1) is 15.9 Å². The number of nitrogens with zero attached hydrogens (tertiary/aromatic N) is 2. The summed E-state index contributed by atoms with van der Waals surface area (Å²) in [6.07, 6.45) is 0.550. The fourth-order valence-corrected chi connectivity index (χ4v) is 2.25. The minimum atomic E-state index is -0.429. The number of hydrogen-bond donors (Lipinski definition) is 2. The van der Waals surface area contributed by atoms with Crippen LogP contribution in [0.5, 0.6) is 0 Å². The second-order valence-electron chi connectivity index (χ2n) is 5.39. The Morgan fingerprint density at radius 2 is 1.88 bits per heavy atom. The summed E-state index contributed by atoms with van der Waals surface area (Å²) in [4.78, 5) is 14.7. The number of aliphatic imine (C=N–C) groups is 1. The molecule has 0 saturated heterocycles. The Morgan fingerprint density at radius 1 is 1.16 bits per heavy atom. The van der Waals surface area contributed by atoms with Gasteiger partial charge in [0.15, 0.2) is 5.96 Å². The molecule has 0 atom stereocenters. The quantitative estimate of drug-likeness (QED) is 0.350. The zero-order valence-corrected chi connectivity index (χ0v) is 14.0. The molecule has 0 radical (unpaired) electrons. The molecule has 0 aromatic heterocycles. The van der Waals surface area contributed by atoms with Crippen LogP contribution in [0.4, 0.5) is 10.1 Å². The minimum absolute atomic E-state index is 0.0580. The molecule has 0 unspecified atom stereocenters. The van der Waals surface area contributed by atoms with E-state index < -0.39 is 4.92 Å². The molecule has 0 amide bonds. The molecule has 0 aliphatic heterocycles. The minimum Gasteiger partial charge on any atom is -0.357 e. The van der Waals surface area contributed by atoms with Crippen molar-refractivity contribution in [2.45, 2.75) is 19.9 Å². The lowest BCUT2D eigenvalue weighted by molar-refractivity contribution is -0.384. The molecule has 0 heterocycles. The fourth-order valence-electron chi connectivity index (χ4n) is 2.25. The largest absolute Gasteiger partial charge is 0.357 e.